The van der Waals surface area contributed by atoms with Crippen LogP contribution < -0.4 is 0 Å². The van der Waals surface area contributed by atoms with E-state index in [9.17, 15) is 0 Å². The molecule has 6 heteroatoms. The van der Waals surface area contributed by atoms with Crippen molar-refractivity contribution in [2.45, 2.75) is 6.92 Å². The van der Waals surface area contributed by atoms with Crippen LogP contribution in [0.3, 0.4) is 0 Å². The van der Waals surface area contributed by atoms with E-state index in [0.29, 0.717) is 0 Å². The lowest BCUT2D eigenvalue weighted by Crippen LogP contribution is -1.97. The highest BCUT2D eigenvalue weighted by Gasteiger charge is 1.91. The van der Waals surface area contributed by atoms with E-state index < -0.39 is 13.2 Å². The molecule has 0 aliphatic rings. The Morgan fingerprint density at radius 2 is 1.75 bits per heavy atom. The predicted octanol–water partition coefficient (Wildman–Crippen LogP) is 0.274. The maximum absolute atomic E-state index is 4.99. The van der Waals surface area contributed by atoms with Gasteiger partial charge in [0, 0.05) is 5.75 Å². The standard InChI is InChI=1S/C2H6S6/c1-2-8(5,6)7(3)4/h7H,2H2,1H3. The number of hydrogen-bond donors (Lipinski definition) is 1. The Kier molecular flexibility index (Phi) is 4.40. The first kappa shape index (κ1) is 9.58. The zero-order valence-corrected chi connectivity index (χ0v) is 9.17. The second-order valence-electron chi connectivity index (χ2n) is 1.09. The predicted molar refractivity (Wildman–Crippen MR) is 56.1 cm³/mol. The molecule has 0 aromatic carbocycles. The topological polar surface area (TPSA) is 0 Å². The van der Waals surface area contributed by atoms with E-state index >= 15 is 0 Å². The third kappa shape index (κ3) is 2.93. The average molecular weight is 222 g/mol. The van der Waals surface area contributed by atoms with Gasteiger partial charge in [-0.2, -0.15) is 0 Å². The van der Waals surface area contributed by atoms with Gasteiger partial charge in [0.1, 0.15) is 0 Å². The zero-order chi connectivity index (χ0) is 6.78. The molecule has 0 saturated carbocycles. The minimum absolute atomic E-state index is 0.816. The van der Waals surface area contributed by atoms with E-state index in [-0.39, 0.29) is 0 Å². The molecule has 0 radical (unpaired) electrons. The third-order valence-corrected chi connectivity index (χ3v) is 16.0. The van der Waals surface area contributed by atoms with Crippen molar-refractivity contribution in [2.75, 3.05) is 5.75 Å². The Bertz CT molecular complexity index is 207. The van der Waals surface area contributed by atoms with Crippen LogP contribution in [0.25, 0.3) is 0 Å². The van der Waals surface area contributed by atoms with Gasteiger partial charge in [-0.1, -0.05) is 6.92 Å². The molecule has 0 rings (SSSR count). The summed E-state index contributed by atoms with van der Waals surface area (Å²) in [5, 5.41) is 0. The first-order chi connectivity index (χ1) is 3.50. The molecular formula is C2H6S6. The van der Waals surface area contributed by atoms with E-state index in [0.717, 1.165) is 5.75 Å². The molecule has 0 aromatic heterocycles. The lowest BCUT2D eigenvalue weighted by atomic mass is 11.0. The van der Waals surface area contributed by atoms with Crippen molar-refractivity contribution in [3.05, 3.63) is 0 Å². The summed E-state index contributed by atoms with van der Waals surface area (Å²) in [4.78, 5) is 0. The SMILES string of the molecule is CCS(=S)(=S)[SH](=S)=S. The molecule has 0 spiro atoms. The van der Waals surface area contributed by atoms with Crippen molar-refractivity contribution in [1.29, 1.82) is 0 Å². The maximum atomic E-state index is 4.99. The molecule has 0 amide bonds. The van der Waals surface area contributed by atoms with Crippen LogP contribution in [0.4, 0.5) is 0 Å². The summed E-state index contributed by atoms with van der Waals surface area (Å²) in [5.74, 6) is 0.816. The summed E-state index contributed by atoms with van der Waals surface area (Å²) >= 11 is 19.6. The van der Waals surface area contributed by atoms with Gasteiger partial charge in [0.25, 0.3) is 0 Å². The Morgan fingerprint density at radius 1 is 1.38 bits per heavy atom. The molecule has 0 fully saturated rings. The van der Waals surface area contributed by atoms with Gasteiger partial charge < -0.3 is 0 Å². The summed E-state index contributed by atoms with van der Waals surface area (Å²) in [6, 6.07) is 0. The second-order valence-corrected chi connectivity index (χ2v) is 16.0. The molecule has 0 aromatic rings. The van der Waals surface area contributed by atoms with Crippen LogP contribution in [0.2, 0.25) is 0 Å². The van der Waals surface area contributed by atoms with E-state index in [2.05, 4.69) is 0 Å². The van der Waals surface area contributed by atoms with Crippen molar-refractivity contribution in [3.8, 4) is 0 Å². The zero-order valence-electron chi connectivity index (χ0n) is 4.20. The van der Waals surface area contributed by atoms with E-state index in [1.807, 2.05) is 6.92 Å². The van der Waals surface area contributed by atoms with Crippen molar-refractivity contribution < 1.29 is 0 Å². The summed E-state index contributed by atoms with van der Waals surface area (Å²) in [6.45, 7) is 1.96. The molecule has 0 nitrogen and oxygen atoms in total. The second kappa shape index (κ2) is 3.68. The first-order valence-electron chi connectivity index (χ1n) is 1.88. The fourth-order valence-corrected chi connectivity index (χ4v) is 2.85. The van der Waals surface area contributed by atoms with Crippen molar-refractivity contribution in [1.82, 2.24) is 0 Å². The van der Waals surface area contributed by atoms with Crippen molar-refractivity contribution in [2.24, 2.45) is 0 Å². The molecule has 0 N–H and O–H groups in total. The van der Waals surface area contributed by atoms with Crippen LogP contribution in [-0.4, -0.2) is 5.75 Å². The summed E-state index contributed by atoms with van der Waals surface area (Å²) < 4.78 is 0. The largest absolute Gasteiger partial charge is 0.0548 e. The highest BCUT2D eigenvalue weighted by atomic mass is 33.7. The normalized spacial score (nSPS) is 12.2. The van der Waals surface area contributed by atoms with E-state index in [4.69, 9.17) is 44.8 Å². The monoisotopic (exact) mass is 222 g/mol. The Morgan fingerprint density at radius 3 is 1.75 bits per heavy atom. The van der Waals surface area contributed by atoms with Gasteiger partial charge in [0.15, 0.2) is 0 Å². The molecule has 0 unspecified atom stereocenters. The van der Waals surface area contributed by atoms with Crippen LogP contribution in [0.1, 0.15) is 6.92 Å². The first-order valence-corrected chi connectivity index (χ1v) is 9.50. The summed E-state index contributed by atoms with van der Waals surface area (Å²) in [6.07, 6.45) is -1.38. The van der Waals surface area contributed by atoms with E-state index in [1.165, 1.54) is 0 Å². The van der Waals surface area contributed by atoms with Gasteiger partial charge in [0.05, 0.1) is 0 Å². The van der Waals surface area contributed by atoms with Gasteiger partial charge in [-0.3, -0.25) is 0 Å². The molecule has 0 aliphatic carbocycles. The van der Waals surface area contributed by atoms with Gasteiger partial charge in [-0.15, -0.1) is 0 Å². The van der Waals surface area contributed by atoms with Crippen LogP contribution in [0.5, 0.6) is 0 Å². The molecule has 0 saturated heterocycles. The van der Waals surface area contributed by atoms with Crippen molar-refractivity contribution in [3.63, 3.8) is 0 Å². The van der Waals surface area contributed by atoms with Gasteiger partial charge in [0.2, 0.25) is 0 Å². The van der Waals surface area contributed by atoms with Crippen LogP contribution in [0.15, 0.2) is 0 Å². The molecule has 8 heavy (non-hydrogen) atoms. The number of rotatable bonds is 2. The van der Waals surface area contributed by atoms with E-state index in [1.54, 1.807) is 0 Å². The Balaban J connectivity index is 4.69. The third-order valence-electron chi connectivity index (χ3n) is 0.592. The fourth-order valence-electron chi connectivity index (χ4n) is 0.105. The van der Waals surface area contributed by atoms with Crippen molar-refractivity contribution >= 4 is 58.0 Å². The minimum atomic E-state index is -1.38. The van der Waals surface area contributed by atoms with Gasteiger partial charge >= 0.3 is 0 Å². The lowest BCUT2D eigenvalue weighted by molar-refractivity contribution is 1.54. The Labute approximate surface area is 70.1 Å². The summed E-state index contributed by atoms with van der Waals surface area (Å²) in [7, 11) is -0.864. The Hall–Kier alpha value is 1.58. The van der Waals surface area contributed by atoms with Crippen LogP contribution in [-0.2, 0) is 58.0 Å². The molecule has 0 bridgehead atoms. The lowest BCUT2D eigenvalue weighted by Gasteiger charge is -1.96. The average Bonchev–Trinajstić information content (AvgIpc) is 1.67. The summed E-state index contributed by atoms with van der Waals surface area (Å²) in [5.41, 5.74) is 0. The van der Waals surface area contributed by atoms with Gasteiger partial charge in [-0.05, 0) is 58.0 Å². The van der Waals surface area contributed by atoms with Crippen LogP contribution in [0, 0.1) is 0 Å². The number of hydrogen-bond acceptors (Lipinski definition) is 4. The molecular weight excluding hydrogens is 216 g/mol. The maximum Gasteiger partial charge on any atom is 0.00867 e. The molecule has 50 valence electrons. The molecule has 0 atom stereocenters. The number of thiol groups is 1. The molecule has 0 aliphatic heterocycles. The molecule has 0 heterocycles. The minimum Gasteiger partial charge on any atom is -0.0548 e. The highest BCUT2D eigenvalue weighted by molar-refractivity contribution is 9.05. The quantitative estimate of drug-likeness (QED) is 0.526. The van der Waals surface area contributed by atoms with Gasteiger partial charge in [-0.25, -0.2) is 0 Å². The highest BCUT2D eigenvalue weighted by Crippen LogP contribution is 1.90. The fraction of sp³-hybridized carbons (Fsp3) is 1.00. The van der Waals surface area contributed by atoms with Crippen LogP contribution >= 0.6 is 0 Å². The smallest absolute Gasteiger partial charge is 0.00867 e.